The Labute approximate surface area is 248 Å². The molecule has 0 saturated heterocycles. The number of sulfonamides is 1. The second-order valence-electron chi connectivity index (χ2n) is 9.82. The highest BCUT2D eigenvalue weighted by molar-refractivity contribution is 7.92. The number of halogens is 1. The average molecular weight is 600 g/mol. The molecule has 3 aromatic rings. The monoisotopic (exact) mass is 599 g/mol. The Morgan fingerprint density at radius 1 is 0.951 bits per heavy atom. The molecule has 220 valence electrons. The van der Waals surface area contributed by atoms with Crippen molar-refractivity contribution in [1.82, 2.24) is 10.2 Å². The van der Waals surface area contributed by atoms with E-state index in [0.717, 1.165) is 16.3 Å². The smallest absolute Gasteiger partial charge is 0.264 e. The van der Waals surface area contributed by atoms with Crippen molar-refractivity contribution in [2.24, 2.45) is 0 Å². The predicted octanol–water partition coefficient (Wildman–Crippen LogP) is 5.57. The van der Waals surface area contributed by atoms with Gasteiger partial charge >= 0.3 is 0 Å². The summed E-state index contributed by atoms with van der Waals surface area (Å²) in [6.45, 7) is 6.97. The number of hydrogen-bond acceptors (Lipinski definition) is 5. The fourth-order valence-electron chi connectivity index (χ4n) is 4.39. The number of rotatable bonds is 13. The van der Waals surface area contributed by atoms with Crippen LogP contribution in [0.15, 0.2) is 77.7 Å². The molecule has 0 bridgehead atoms. The van der Waals surface area contributed by atoms with Crippen LogP contribution in [0.2, 0.25) is 5.02 Å². The van der Waals surface area contributed by atoms with E-state index in [4.69, 9.17) is 16.3 Å². The minimum atomic E-state index is -4.17. The van der Waals surface area contributed by atoms with E-state index in [1.807, 2.05) is 32.9 Å². The number of hydrogen-bond donors (Lipinski definition) is 1. The summed E-state index contributed by atoms with van der Waals surface area (Å²) in [5.41, 5.74) is 1.58. The lowest BCUT2D eigenvalue weighted by molar-refractivity contribution is -0.140. The van der Waals surface area contributed by atoms with Crippen LogP contribution in [0, 0.1) is 6.92 Å². The van der Waals surface area contributed by atoms with Gasteiger partial charge in [-0.2, -0.15) is 0 Å². The number of ether oxygens (including phenoxy) is 1. The first-order valence-corrected chi connectivity index (χ1v) is 15.4. The fourth-order valence-corrected chi connectivity index (χ4v) is 6.05. The van der Waals surface area contributed by atoms with Crippen molar-refractivity contribution in [3.63, 3.8) is 0 Å². The number of methoxy groups -OCH3 is 1. The zero-order valence-electron chi connectivity index (χ0n) is 24.1. The quantitative estimate of drug-likeness (QED) is 0.277. The molecule has 8 nitrogen and oxygen atoms in total. The first-order valence-electron chi connectivity index (χ1n) is 13.6. The molecule has 0 aliphatic carbocycles. The lowest BCUT2D eigenvalue weighted by atomic mass is 10.1. The molecule has 3 aromatic carbocycles. The molecule has 0 fully saturated rings. The van der Waals surface area contributed by atoms with Crippen LogP contribution in [0.3, 0.4) is 0 Å². The standard InChI is InChI=1S/C31H38ClN3O5S/c1-6-22(3)33-31(37)28(7-2)34(20-24-16-18-25(40-5)19-17-24)30(36)21-35(29-15-11-14-27(32)23(29)4)41(38,39)26-12-9-8-10-13-26/h8-19,22,28H,6-7,20-21H2,1-5H3,(H,33,37)/t22-,28+/m1/s1. The van der Waals surface area contributed by atoms with E-state index < -0.39 is 28.5 Å². The van der Waals surface area contributed by atoms with E-state index in [1.54, 1.807) is 62.6 Å². The molecule has 0 aliphatic heterocycles. The largest absolute Gasteiger partial charge is 0.497 e. The van der Waals surface area contributed by atoms with Crippen molar-refractivity contribution in [3.8, 4) is 5.75 Å². The average Bonchev–Trinajstić information content (AvgIpc) is 2.97. The van der Waals surface area contributed by atoms with Crippen LogP contribution in [0.4, 0.5) is 5.69 Å². The van der Waals surface area contributed by atoms with Crippen LogP contribution in [0.1, 0.15) is 44.7 Å². The number of carbonyl (C=O) groups excluding carboxylic acids is 2. The summed E-state index contributed by atoms with van der Waals surface area (Å²) in [4.78, 5) is 29.0. The molecule has 0 saturated carbocycles. The predicted molar refractivity (Wildman–Crippen MR) is 163 cm³/mol. The van der Waals surface area contributed by atoms with Gasteiger partial charge in [-0.15, -0.1) is 0 Å². The Morgan fingerprint density at radius 2 is 1.61 bits per heavy atom. The van der Waals surface area contributed by atoms with Gasteiger partial charge in [0.2, 0.25) is 11.8 Å². The topological polar surface area (TPSA) is 96.0 Å². The molecule has 41 heavy (non-hydrogen) atoms. The minimum Gasteiger partial charge on any atom is -0.497 e. The molecule has 0 spiro atoms. The normalized spacial score (nSPS) is 12.7. The molecule has 0 radical (unpaired) electrons. The summed E-state index contributed by atoms with van der Waals surface area (Å²) >= 11 is 6.38. The van der Waals surface area contributed by atoms with Crippen molar-refractivity contribution in [3.05, 3.63) is 88.9 Å². The third kappa shape index (κ3) is 7.80. The van der Waals surface area contributed by atoms with Crippen molar-refractivity contribution >= 4 is 39.1 Å². The molecule has 0 heterocycles. The van der Waals surface area contributed by atoms with E-state index in [2.05, 4.69) is 5.32 Å². The zero-order valence-corrected chi connectivity index (χ0v) is 25.7. The van der Waals surface area contributed by atoms with Gasteiger partial charge in [0.15, 0.2) is 0 Å². The highest BCUT2D eigenvalue weighted by atomic mass is 35.5. The van der Waals surface area contributed by atoms with Crippen molar-refractivity contribution in [2.75, 3.05) is 18.0 Å². The van der Waals surface area contributed by atoms with Gasteiger partial charge in [-0.25, -0.2) is 8.42 Å². The highest BCUT2D eigenvalue weighted by Crippen LogP contribution is 2.31. The Morgan fingerprint density at radius 3 is 2.20 bits per heavy atom. The van der Waals surface area contributed by atoms with E-state index in [0.29, 0.717) is 22.8 Å². The van der Waals surface area contributed by atoms with Crippen LogP contribution in [-0.4, -0.2) is 50.9 Å². The Balaban J connectivity index is 2.08. The molecule has 0 aromatic heterocycles. The summed E-state index contributed by atoms with van der Waals surface area (Å²) in [6, 6.07) is 19.2. The summed E-state index contributed by atoms with van der Waals surface area (Å²) in [5, 5.41) is 3.35. The molecule has 0 aliphatic rings. The molecule has 10 heteroatoms. The first kappa shape index (κ1) is 32.0. The number of nitrogens with one attached hydrogen (secondary N) is 1. The number of amides is 2. The lowest BCUT2D eigenvalue weighted by Gasteiger charge is -2.34. The third-order valence-corrected chi connectivity index (χ3v) is 9.20. The summed E-state index contributed by atoms with van der Waals surface area (Å²) < 4.78 is 34.3. The number of benzene rings is 3. The van der Waals surface area contributed by atoms with E-state index in [9.17, 15) is 18.0 Å². The second-order valence-corrected chi connectivity index (χ2v) is 12.1. The van der Waals surface area contributed by atoms with Crippen LogP contribution in [0.5, 0.6) is 5.75 Å². The maximum Gasteiger partial charge on any atom is 0.264 e. The molecule has 2 atom stereocenters. The Bertz CT molecular complexity index is 1430. The van der Waals surface area contributed by atoms with Crippen molar-refractivity contribution < 1.29 is 22.7 Å². The van der Waals surface area contributed by atoms with Crippen LogP contribution >= 0.6 is 11.6 Å². The summed E-state index contributed by atoms with van der Waals surface area (Å²) in [5.74, 6) is -0.157. The van der Waals surface area contributed by atoms with Crippen molar-refractivity contribution in [2.45, 2.75) is 64.1 Å². The fraction of sp³-hybridized carbons (Fsp3) is 0.355. The van der Waals surface area contributed by atoms with E-state index >= 15 is 0 Å². The number of carbonyl (C=O) groups is 2. The Kier molecular flexibility index (Phi) is 11.2. The molecular weight excluding hydrogens is 562 g/mol. The zero-order chi connectivity index (χ0) is 30.2. The third-order valence-electron chi connectivity index (χ3n) is 7.02. The molecule has 1 N–H and O–H groups in total. The maximum atomic E-state index is 14.2. The minimum absolute atomic E-state index is 0.0374. The summed E-state index contributed by atoms with van der Waals surface area (Å²) in [6.07, 6.45) is 1.07. The van der Waals surface area contributed by atoms with Crippen LogP contribution < -0.4 is 14.4 Å². The summed E-state index contributed by atoms with van der Waals surface area (Å²) in [7, 11) is -2.60. The molecular formula is C31H38ClN3O5S. The SMILES string of the molecule is CC[C@@H](C)NC(=O)[C@H](CC)N(Cc1ccc(OC)cc1)C(=O)CN(c1cccc(Cl)c1C)S(=O)(=O)c1ccccc1. The van der Waals surface area contributed by atoms with Gasteiger partial charge in [0.05, 0.1) is 17.7 Å². The van der Waals surface area contributed by atoms with Crippen molar-refractivity contribution in [1.29, 1.82) is 0 Å². The second kappa shape index (κ2) is 14.4. The van der Waals surface area contributed by atoms with E-state index in [-0.39, 0.29) is 29.1 Å². The van der Waals surface area contributed by atoms with Crippen LogP contribution in [0.25, 0.3) is 0 Å². The van der Waals surface area contributed by atoms with Gasteiger partial charge < -0.3 is 15.0 Å². The van der Waals surface area contributed by atoms with E-state index in [1.165, 1.54) is 17.0 Å². The van der Waals surface area contributed by atoms with Gasteiger partial charge in [0, 0.05) is 17.6 Å². The van der Waals surface area contributed by atoms with Gasteiger partial charge in [-0.1, -0.05) is 61.8 Å². The van der Waals surface area contributed by atoms with Gasteiger partial charge in [-0.05, 0) is 74.2 Å². The van der Waals surface area contributed by atoms with Crippen LogP contribution in [-0.2, 0) is 26.2 Å². The molecule has 2 amide bonds. The molecule has 3 rings (SSSR count). The Hall–Kier alpha value is -3.56. The van der Waals surface area contributed by atoms with Gasteiger partial charge in [0.1, 0.15) is 18.3 Å². The lowest BCUT2D eigenvalue weighted by Crippen LogP contribution is -2.53. The number of nitrogens with zero attached hydrogens (tertiary/aromatic N) is 2. The first-order chi connectivity index (χ1) is 19.5. The van der Waals surface area contributed by atoms with Gasteiger partial charge in [0.25, 0.3) is 10.0 Å². The maximum absolute atomic E-state index is 14.2. The highest BCUT2D eigenvalue weighted by Gasteiger charge is 2.34. The molecule has 0 unspecified atom stereocenters. The number of anilines is 1. The van der Waals surface area contributed by atoms with Gasteiger partial charge in [-0.3, -0.25) is 13.9 Å².